The van der Waals surface area contributed by atoms with Gasteiger partial charge in [0.15, 0.2) is 0 Å². The highest BCUT2D eigenvalue weighted by atomic mass is 16.7. The molecule has 37 heavy (non-hydrogen) atoms. The second kappa shape index (κ2) is 6.80. The van der Waals surface area contributed by atoms with Gasteiger partial charge in [0, 0.05) is 0 Å². The van der Waals surface area contributed by atoms with Crippen LogP contribution in [0.15, 0.2) is 91.0 Å². The average Bonchev–Trinajstić information content (AvgIpc) is 3.56. The summed E-state index contributed by atoms with van der Waals surface area (Å²) >= 11 is 0. The van der Waals surface area contributed by atoms with Crippen molar-refractivity contribution in [2.75, 3.05) is 0 Å². The minimum absolute atomic E-state index is 0.386. The van der Waals surface area contributed by atoms with Crippen molar-refractivity contribution in [2.24, 2.45) is 0 Å². The molecular formula is C32H27BN2O2. The van der Waals surface area contributed by atoms with Crippen LogP contribution in [0.3, 0.4) is 0 Å². The van der Waals surface area contributed by atoms with E-state index in [0.29, 0.717) is 0 Å². The summed E-state index contributed by atoms with van der Waals surface area (Å²) < 4.78 is 15.1. The zero-order chi connectivity index (χ0) is 25.2. The molecule has 5 aromatic rings. The minimum Gasteiger partial charge on any atom is -0.399 e. The van der Waals surface area contributed by atoms with Gasteiger partial charge in [-0.15, -0.1) is 0 Å². The molecule has 1 aliphatic carbocycles. The Morgan fingerprint density at radius 1 is 0.676 bits per heavy atom. The van der Waals surface area contributed by atoms with Gasteiger partial charge in [0.05, 0.1) is 27.9 Å². The first-order valence-electron chi connectivity index (χ1n) is 13.0. The fourth-order valence-electron chi connectivity index (χ4n) is 6.59. The Bertz CT molecular complexity index is 1700. The van der Waals surface area contributed by atoms with Crippen molar-refractivity contribution in [2.45, 2.75) is 44.3 Å². The number of imidazole rings is 1. The summed E-state index contributed by atoms with van der Waals surface area (Å²) in [6.07, 6.45) is 0. The van der Waals surface area contributed by atoms with Crippen LogP contribution in [-0.2, 0) is 14.7 Å². The standard InChI is InChI=1S/C32H27BN2O2/c1-30(2)31(3,4)37-33(36-30)20-17-18-28-26(19-20)34-29-32(25-15-9-10-16-27(25)35(28)29)23-13-7-5-11-21(23)22-12-6-8-14-24(22)32/h5-19H,1-4H3. The second-order valence-electron chi connectivity index (χ2n) is 11.5. The third-order valence-corrected chi connectivity index (χ3v) is 9.04. The summed E-state index contributed by atoms with van der Waals surface area (Å²) in [6.45, 7) is 8.36. The van der Waals surface area contributed by atoms with Gasteiger partial charge in [-0.25, -0.2) is 4.98 Å². The van der Waals surface area contributed by atoms with Gasteiger partial charge in [-0.3, -0.25) is 4.57 Å². The number of fused-ring (bicyclic) bond motifs is 12. The quantitative estimate of drug-likeness (QED) is 0.269. The summed E-state index contributed by atoms with van der Waals surface area (Å²) in [6, 6.07) is 32.8. The van der Waals surface area contributed by atoms with Crippen LogP contribution >= 0.6 is 0 Å². The van der Waals surface area contributed by atoms with E-state index in [1.54, 1.807) is 0 Å². The lowest BCUT2D eigenvalue weighted by Gasteiger charge is -2.32. The summed E-state index contributed by atoms with van der Waals surface area (Å²) in [5.74, 6) is 1.05. The maximum atomic E-state index is 6.36. The van der Waals surface area contributed by atoms with E-state index in [0.717, 1.165) is 22.3 Å². The van der Waals surface area contributed by atoms with Crippen LogP contribution in [-0.4, -0.2) is 27.9 Å². The Morgan fingerprint density at radius 2 is 1.24 bits per heavy atom. The predicted molar refractivity (Wildman–Crippen MR) is 148 cm³/mol. The van der Waals surface area contributed by atoms with Crippen LogP contribution in [0.5, 0.6) is 0 Å². The predicted octanol–water partition coefficient (Wildman–Crippen LogP) is 6.00. The molecule has 4 nitrogen and oxygen atoms in total. The lowest BCUT2D eigenvalue weighted by atomic mass is 9.73. The second-order valence-corrected chi connectivity index (χ2v) is 11.5. The van der Waals surface area contributed by atoms with E-state index in [-0.39, 0.29) is 11.2 Å². The molecule has 1 aromatic heterocycles. The number of aromatic nitrogens is 2. The molecule has 4 aromatic carbocycles. The Hall–Kier alpha value is -3.67. The highest BCUT2D eigenvalue weighted by Gasteiger charge is 2.55. The van der Waals surface area contributed by atoms with Crippen molar-refractivity contribution in [1.82, 2.24) is 9.55 Å². The fraction of sp³-hybridized carbons (Fsp3) is 0.219. The van der Waals surface area contributed by atoms with E-state index in [2.05, 4.69) is 123 Å². The molecule has 8 rings (SSSR count). The SMILES string of the molecule is CC1(C)OB(c2ccc3c(c2)nc2n3-c3ccccc3C23c2ccccc2-c2ccccc23)OC1(C)C. The van der Waals surface area contributed by atoms with Gasteiger partial charge < -0.3 is 9.31 Å². The van der Waals surface area contributed by atoms with Crippen LogP contribution in [0.4, 0.5) is 0 Å². The van der Waals surface area contributed by atoms with Crippen molar-refractivity contribution in [3.05, 3.63) is 114 Å². The monoisotopic (exact) mass is 482 g/mol. The van der Waals surface area contributed by atoms with Crippen molar-refractivity contribution in [3.63, 3.8) is 0 Å². The largest absolute Gasteiger partial charge is 0.494 e. The molecule has 3 aliphatic rings. The molecule has 1 saturated heterocycles. The van der Waals surface area contributed by atoms with Crippen molar-refractivity contribution >= 4 is 23.6 Å². The molecular weight excluding hydrogens is 455 g/mol. The van der Waals surface area contributed by atoms with Crippen molar-refractivity contribution in [3.8, 4) is 16.8 Å². The zero-order valence-corrected chi connectivity index (χ0v) is 21.4. The molecule has 2 aliphatic heterocycles. The highest BCUT2D eigenvalue weighted by molar-refractivity contribution is 6.62. The molecule has 1 spiro atoms. The molecule has 5 heteroatoms. The number of para-hydroxylation sites is 1. The lowest BCUT2D eigenvalue weighted by Crippen LogP contribution is -2.41. The normalized spacial score (nSPS) is 19.2. The lowest BCUT2D eigenvalue weighted by molar-refractivity contribution is 0.00578. The summed E-state index contributed by atoms with van der Waals surface area (Å²) in [7, 11) is -0.417. The van der Waals surface area contributed by atoms with Gasteiger partial charge in [0.1, 0.15) is 11.2 Å². The van der Waals surface area contributed by atoms with Crippen molar-refractivity contribution < 1.29 is 9.31 Å². The molecule has 3 heterocycles. The van der Waals surface area contributed by atoms with Crippen LogP contribution < -0.4 is 5.46 Å². The summed E-state index contributed by atoms with van der Waals surface area (Å²) in [5.41, 5.74) is 9.46. The van der Waals surface area contributed by atoms with E-state index in [1.807, 2.05) is 0 Å². The molecule has 0 amide bonds. The first-order chi connectivity index (χ1) is 17.8. The fourth-order valence-corrected chi connectivity index (χ4v) is 6.59. The first-order valence-corrected chi connectivity index (χ1v) is 13.0. The van der Waals surface area contributed by atoms with Gasteiger partial charge >= 0.3 is 7.12 Å². The molecule has 0 radical (unpaired) electrons. The van der Waals surface area contributed by atoms with Gasteiger partial charge in [-0.2, -0.15) is 0 Å². The topological polar surface area (TPSA) is 36.3 Å². The maximum Gasteiger partial charge on any atom is 0.494 e. The van der Waals surface area contributed by atoms with E-state index in [4.69, 9.17) is 14.3 Å². The Labute approximate surface area is 217 Å². The molecule has 0 atom stereocenters. The average molecular weight is 482 g/mol. The van der Waals surface area contributed by atoms with E-state index in [9.17, 15) is 0 Å². The number of rotatable bonds is 1. The molecule has 0 bridgehead atoms. The third kappa shape index (κ3) is 2.49. The number of hydrogen-bond acceptors (Lipinski definition) is 3. The summed E-state index contributed by atoms with van der Waals surface area (Å²) in [5, 5.41) is 0. The minimum atomic E-state index is -0.451. The van der Waals surface area contributed by atoms with Gasteiger partial charge in [-0.1, -0.05) is 72.8 Å². The van der Waals surface area contributed by atoms with Gasteiger partial charge in [0.25, 0.3) is 0 Å². The smallest absolute Gasteiger partial charge is 0.399 e. The van der Waals surface area contributed by atoms with E-state index < -0.39 is 12.5 Å². The molecule has 1 fully saturated rings. The first kappa shape index (κ1) is 21.4. The molecule has 0 saturated carbocycles. The van der Waals surface area contributed by atoms with E-state index >= 15 is 0 Å². The highest BCUT2D eigenvalue weighted by Crippen LogP contribution is 2.60. The Morgan fingerprint density at radius 3 is 1.89 bits per heavy atom. The molecule has 0 N–H and O–H groups in total. The number of hydrogen-bond donors (Lipinski definition) is 0. The third-order valence-electron chi connectivity index (χ3n) is 9.04. The van der Waals surface area contributed by atoms with Gasteiger partial charge in [0.2, 0.25) is 0 Å². The number of nitrogens with zero attached hydrogens (tertiary/aromatic N) is 2. The zero-order valence-electron chi connectivity index (χ0n) is 21.4. The van der Waals surface area contributed by atoms with Crippen LogP contribution in [0.1, 0.15) is 50.2 Å². The van der Waals surface area contributed by atoms with E-state index in [1.165, 1.54) is 33.5 Å². The molecule has 180 valence electrons. The molecule has 0 unspecified atom stereocenters. The summed E-state index contributed by atoms with van der Waals surface area (Å²) in [4.78, 5) is 5.40. The van der Waals surface area contributed by atoms with Gasteiger partial charge in [-0.05, 0) is 79.2 Å². The van der Waals surface area contributed by atoms with Crippen molar-refractivity contribution in [1.29, 1.82) is 0 Å². The van der Waals surface area contributed by atoms with Crippen LogP contribution in [0, 0.1) is 0 Å². The maximum absolute atomic E-state index is 6.36. The Kier molecular flexibility index (Phi) is 3.94. The van der Waals surface area contributed by atoms with Crippen LogP contribution in [0.2, 0.25) is 0 Å². The number of benzene rings is 4. The van der Waals surface area contributed by atoms with Crippen LogP contribution in [0.25, 0.3) is 27.8 Å². The Balaban J connectivity index is 1.41.